The molecule has 3 aromatic rings. The van der Waals surface area contributed by atoms with Gasteiger partial charge in [0.05, 0.1) is 12.8 Å². The highest BCUT2D eigenvalue weighted by molar-refractivity contribution is 6.31. The lowest BCUT2D eigenvalue weighted by Crippen LogP contribution is -2.50. The molecule has 30 heavy (non-hydrogen) atoms. The number of aromatic nitrogens is 4. The molecular formula is C20H22ClN7O2. The van der Waals surface area contributed by atoms with Gasteiger partial charge in [-0.2, -0.15) is 0 Å². The molecule has 4 rings (SSSR count). The van der Waals surface area contributed by atoms with Crippen molar-refractivity contribution in [3.05, 3.63) is 53.8 Å². The predicted molar refractivity (Wildman–Crippen MR) is 115 cm³/mol. The molecule has 0 aliphatic carbocycles. The minimum Gasteiger partial charge on any atom is -0.495 e. The Labute approximate surface area is 179 Å². The molecule has 0 unspecified atom stereocenters. The number of ether oxygens (including phenoxy) is 1. The van der Waals surface area contributed by atoms with Crippen LogP contribution in [0.5, 0.6) is 5.75 Å². The first-order valence-corrected chi connectivity index (χ1v) is 9.90. The molecule has 2 aromatic heterocycles. The second-order valence-electron chi connectivity index (χ2n) is 6.85. The van der Waals surface area contributed by atoms with Crippen LogP contribution in [0.25, 0.3) is 5.82 Å². The molecule has 1 aliphatic rings. The lowest BCUT2D eigenvalue weighted by molar-refractivity contribution is 0.208. The van der Waals surface area contributed by atoms with Gasteiger partial charge >= 0.3 is 6.03 Å². The Kier molecular flexibility index (Phi) is 5.71. The van der Waals surface area contributed by atoms with E-state index in [9.17, 15) is 4.79 Å². The molecule has 0 saturated carbocycles. The average Bonchev–Trinajstić information content (AvgIpc) is 3.29. The van der Waals surface area contributed by atoms with Crippen LogP contribution >= 0.6 is 11.6 Å². The Bertz CT molecular complexity index is 1030. The van der Waals surface area contributed by atoms with Crippen molar-refractivity contribution in [3.8, 4) is 11.6 Å². The van der Waals surface area contributed by atoms with Gasteiger partial charge in [-0.05, 0) is 25.1 Å². The topological polar surface area (TPSA) is 88.4 Å². The van der Waals surface area contributed by atoms with Crippen LogP contribution in [-0.2, 0) is 0 Å². The average molecular weight is 428 g/mol. The highest BCUT2D eigenvalue weighted by Gasteiger charge is 2.23. The van der Waals surface area contributed by atoms with E-state index in [4.69, 9.17) is 16.3 Å². The van der Waals surface area contributed by atoms with E-state index in [1.54, 1.807) is 42.7 Å². The maximum atomic E-state index is 12.7. The van der Waals surface area contributed by atoms with Crippen molar-refractivity contribution >= 4 is 29.1 Å². The molecule has 1 saturated heterocycles. The van der Waals surface area contributed by atoms with Crippen molar-refractivity contribution in [3.63, 3.8) is 0 Å². The van der Waals surface area contributed by atoms with Crippen molar-refractivity contribution in [1.82, 2.24) is 24.4 Å². The Morgan fingerprint density at radius 1 is 1.13 bits per heavy atom. The zero-order valence-corrected chi connectivity index (χ0v) is 17.5. The fourth-order valence-electron chi connectivity index (χ4n) is 3.34. The minimum absolute atomic E-state index is 0.187. The van der Waals surface area contributed by atoms with Gasteiger partial charge in [0.15, 0.2) is 0 Å². The van der Waals surface area contributed by atoms with E-state index >= 15 is 0 Å². The summed E-state index contributed by atoms with van der Waals surface area (Å²) in [6.45, 7) is 4.34. The van der Waals surface area contributed by atoms with Crippen molar-refractivity contribution in [2.75, 3.05) is 43.5 Å². The number of urea groups is 1. The summed E-state index contributed by atoms with van der Waals surface area (Å²) in [6, 6.07) is 6.87. The van der Waals surface area contributed by atoms with E-state index in [1.807, 2.05) is 23.8 Å². The molecule has 9 nitrogen and oxygen atoms in total. The number of amides is 2. The number of imidazole rings is 1. The summed E-state index contributed by atoms with van der Waals surface area (Å²) in [5.74, 6) is 2.85. The molecule has 2 amide bonds. The van der Waals surface area contributed by atoms with E-state index < -0.39 is 0 Å². The molecule has 0 bridgehead atoms. The van der Waals surface area contributed by atoms with Gasteiger partial charge in [0.1, 0.15) is 29.5 Å². The first-order chi connectivity index (χ1) is 14.5. The first kappa shape index (κ1) is 20.0. The number of halogens is 1. The molecule has 1 N–H and O–H groups in total. The number of hydrogen-bond acceptors (Lipinski definition) is 6. The number of benzene rings is 1. The summed E-state index contributed by atoms with van der Waals surface area (Å²) in [7, 11) is 1.55. The molecular weight excluding hydrogens is 406 g/mol. The van der Waals surface area contributed by atoms with Gasteiger partial charge in [-0.15, -0.1) is 0 Å². The Morgan fingerprint density at radius 3 is 2.60 bits per heavy atom. The third-order valence-corrected chi connectivity index (χ3v) is 5.11. The first-order valence-electron chi connectivity index (χ1n) is 9.52. The van der Waals surface area contributed by atoms with Crippen LogP contribution in [0.1, 0.15) is 5.82 Å². The van der Waals surface area contributed by atoms with Gasteiger partial charge in [0, 0.05) is 49.7 Å². The number of hydrogen-bond donors (Lipinski definition) is 1. The van der Waals surface area contributed by atoms with Gasteiger partial charge < -0.3 is 19.9 Å². The number of rotatable bonds is 4. The number of carbonyl (C=O) groups excluding carboxylic acids is 1. The number of piperazine rings is 1. The van der Waals surface area contributed by atoms with Gasteiger partial charge in [-0.3, -0.25) is 4.57 Å². The smallest absolute Gasteiger partial charge is 0.322 e. The molecule has 0 radical (unpaired) electrons. The summed E-state index contributed by atoms with van der Waals surface area (Å²) in [4.78, 5) is 29.7. The standard InChI is InChI=1S/C20H22ClN7O2/c1-14-23-18(12-19(24-14)28-6-5-22-13-28)26-7-9-27(10-8-26)20(29)25-16-11-15(21)3-4-17(16)30-2/h3-6,11-13H,7-10H2,1-2H3,(H,25,29). The van der Waals surface area contributed by atoms with E-state index in [0.717, 1.165) is 11.6 Å². The van der Waals surface area contributed by atoms with Crippen molar-refractivity contribution in [2.45, 2.75) is 6.92 Å². The van der Waals surface area contributed by atoms with Crippen LogP contribution < -0.4 is 15.0 Å². The largest absolute Gasteiger partial charge is 0.495 e. The van der Waals surface area contributed by atoms with Crippen LogP contribution in [0.3, 0.4) is 0 Å². The molecule has 1 aromatic carbocycles. The maximum absolute atomic E-state index is 12.7. The SMILES string of the molecule is COc1ccc(Cl)cc1NC(=O)N1CCN(c2cc(-n3ccnc3)nc(C)n2)CC1. The molecule has 1 fully saturated rings. The maximum Gasteiger partial charge on any atom is 0.322 e. The summed E-state index contributed by atoms with van der Waals surface area (Å²) in [5.41, 5.74) is 0.550. The van der Waals surface area contributed by atoms with Crippen molar-refractivity contribution in [2.24, 2.45) is 0 Å². The second-order valence-corrected chi connectivity index (χ2v) is 7.29. The van der Waals surface area contributed by atoms with Crippen molar-refractivity contribution < 1.29 is 9.53 Å². The number of nitrogens with one attached hydrogen (secondary N) is 1. The molecule has 0 atom stereocenters. The van der Waals surface area contributed by atoms with E-state index in [0.29, 0.717) is 48.5 Å². The van der Waals surface area contributed by atoms with Crippen molar-refractivity contribution in [1.29, 1.82) is 0 Å². The molecule has 3 heterocycles. The number of aryl methyl sites for hydroxylation is 1. The minimum atomic E-state index is -0.187. The number of anilines is 2. The van der Waals surface area contributed by atoms with Crippen LogP contribution in [0, 0.1) is 6.92 Å². The van der Waals surface area contributed by atoms with Gasteiger partial charge in [0.2, 0.25) is 0 Å². The lowest BCUT2D eigenvalue weighted by Gasteiger charge is -2.35. The Morgan fingerprint density at radius 2 is 1.90 bits per heavy atom. The zero-order valence-electron chi connectivity index (χ0n) is 16.7. The third-order valence-electron chi connectivity index (χ3n) is 4.87. The number of methoxy groups -OCH3 is 1. The summed E-state index contributed by atoms with van der Waals surface area (Å²) < 4.78 is 7.14. The van der Waals surface area contributed by atoms with E-state index in [2.05, 4.69) is 25.2 Å². The third kappa shape index (κ3) is 4.30. The normalized spacial score (nSPS) is 14.0. The molecule has 1 aliphatic heterocycles. The van der Waals surface area contributed by atoms with Crippen LogP contribution in [-0.4, -0.2) is 63.7 Å². The number of carbonyl (C=O) groups is 1. The highest BCUT2D eigenvalue weighted by Crippen LogP contribution is 2.28. The Hall–Kier alpha value is -3.33. The highest BCUT2D eigenvalue weighted by atomic mass is 35.5. The fourth-order valence-corrected chi connectivity index (χ4v) is 3.51. The van der Waals surface area contributed by atoms with Gasteiger partial charge in [-0.25, -0.2) is 19.7 Å². The molecule has 156 valence electrons. The monoisotopic (exact) mass is 427 g/mol. The van der Waals surface area contributed by atoms with Crippen LogP contribution in [0.15, 0.2) is 43.0 Å². The quantitative estimate of drug-likeness (QED) is 0.688. The summed E-state index contributed by atoms with van der Waals surface area (Å²) in [6.07, 6.45) is 5.26. The van der Waals surface area contributed by atoms with Gasteiger partial charge in [-0.1, -0.05) is 11.6 Å². The van der Waals surface area contributed by atoms with Gasteiger partial charge in [0.25, 0.3) is 0 Å². The zero-order chi connectivity index (χ0) is 21.1. The van der Waals surface area contributed by atoms with E-state index in [1.165, 1.54) is 0 Å². The molecule has 0 spiro atoms. The summed E-state index contributed by atoms with van der Waals surface area (Å²) >= 11 is 6.05. The second kappa shape index (κ2) is 8.58. The lowest BCUT2D eigenvalue weighted by atomic mass is 10.3. The van der Waals surface area contributed by atoms with Crippen LogP contribution in [0.2, 0.25) is 5.02 Å². The Balaban J connectivity index is 1.42. The molecule has 10 heteroatoms. The van der Waals surface area contributed by atoms with Crippen LogP contribution in [0.4, 0.5) is 16.3 Å². The summed E-state index contributed by atoms with van der Waals surface area (Å²) in [5, 5.41) is 3.42. The van der Waals surface area contributed by atoms with E-state index in [-0.39, 0.29) is 6.03 Å². The number of nitrogens with zero attached hydrogens (tertiary/aromatic N) is 6. The fraction of sp³-hybridized carbons (Fsp3) is 0.300. The predicted octanol–water partition coefficient (Wildman–Crippen LogP) is 2.99.